The molecule has 1 aliphatic rings. The smallest absolute Gasteiger partial charge is 0.151 e. The highest BCUT2D eigenvalue weighted by Gasteiger charge is 2.24. The predicted octanol–water partition coefficient (Wildman–Crippen LogP) is 0.623. The van der Waals surface area contributed by atoms with Crippen LogP contribution in [0.25, 0.3) is 0 Å². The van der Waals surface area contributed by atoms with Crippen LogP contribution < -0.4 is 5.73 Å². The molecule has 1 aliphatic heterocycles. The van der Waals surface area contributed by atoms with E-state index in [1.165, 1.54) is 0 Å². The molecule has 1 heterocycles. The van der Waals surface area contributed by atoms with Crippen LogP contribution in [0.3, 0.4) is 0 Å². The second-order valence-corrected chi connectivity index (χ2v) is 7.14. The number of nitrogens with two attached hydrogens (primary N) is 1. The molecule has 2 atom stereocenters. The van der Waals surface area contributed by atoms with Crippen LogP contribution in [0.5, 0.6) is 0 Å². The Hall–Kier alpha value is -0.130. The molecule has 0 radical (unpaired) electrons. The maximum Gasteiger partial charge on any atom is 0.151 e. The lowest BCUT2D eigenvalue weighted by molar-refractivity contribution is 0.154. The van der Waals surface area contributed by atoms with E-state index in [1.807, 2.05) is 6.92 Å². The molecule has 1 rings (SSSR count). The van der Waals surface area contributed by atoms with Crippen molar-refractivity contribution in [3.63, 3.8) is 0 Å². The zero-order valence-electron chi connectivity index (χ0n) is 10.4. The molecule has 0 aromatic heterocycles. The minimum absolute atomic E-state index is 0.213. The van der Waals surface area contributed by atoms with E-state index in [0.717, 1.165) is 19.4 Å². The summed E-state index contributed by atoms with van der Waals surface area (Å²) in [5, 5.41) is 0. The van der Waals surface area contributed by atoms with E-state index in [4.69, 9.17) is 5.73 Å². The summed E-state index contributed by atoms with van der Waals surface area (Å²) in [5.74, 6) is 0.583. The van der Waals surface area contributed by atoms with E-state index in [0.29, 0.717) is 24.8 Å². The molecule has 0 aliphatic carbocycles. The fraction of sp³-hybridized carbons (Fsp3) is 1.00. The van der Waals surface area contributed by atoms with Gasteiger partial charge in [0.2, 0.25) is 0 Å². The van der Waals surface area contributed by atoms with E-state index in [2.05, 4.69) is 11.8 Å². The fourth-order valence-corrected chi connectivity index (χ4v) is 3.53. The van der Waals surface area contributed by atoms with Gasteiger partial charge in [-0.3, -0.25) is 4.90 Å². The van der Waals surface area contributed by atoms with Gasteiger partial charge in [-0.2, -0.15) is 0 Å². The number of sulfone groups is 1. The highest BCUT2D eigenvalue weighted by Crippen LogP contribution is 2.15. The van der Waals surface area contributed by atoms with Crippen molar-refractivity contribution in [1.29, 1.82) is 0 Å². The molecule has 0 aromatic rings. The van der Waals surface area contributed by atoms with Gasteiger partial charge < -0.3 is 5.73 Å². The Morgan fingerprint density at radius 2 is 2.00 bits per heavy atom. The van der Waals surface area contributed by atoms with Crippen LogP contribution in [0, 0.1) is 0 Å². The molecule has 4 nitrogen and oxygen atoms in total. The van der Waals surface area contributed by atoms with E-state index in [9.17, 15) is 8.42 Å². The van der Waals surface area contributed by atoms with Gasteiger partial charge in [0.05, 0.1) is 5.75 Å². The fourth-order valence-electron chi connectivity index (χ4n) is 2.19. The average Bonchev–Trinajstić information content (AvgIpc) is 2.19. The van der Waals surface area contributed by atoms with Gasteiger partial charge in [0, 0.05) is 30.9 Å². The van der Waals surface area contributed by atoms with Crippen molar-refractivity contribution in [3.8, 4) is 0 Å². The predicted molar refractivity (Wildman–Crippen MR) is 67.2 cm³/mol. The normalized spacial score (nSPS) is 28.2. The Labute approximate surface area is 99.1 Å². The molecule has 0 amide bonds. The van der Waals surface area contributed by atoms with Gasteiger partial charge in [-0.15, -0.1) is 0 Å². The number of nitrogens with zero attached hydrogens (tertiary/aromatic N) is 1. The molecule has 0 saturated carbocycles. The topological polar surface area (TPSA) is 63.4 Å². The van der Waals surface area contributed by atoms with E-state index in [-0.39, 0.29) is 11.8 Å². The van der Waals surface area contributed by atoms with E-state index in [1.54, 1.807) is 0 Å². The molecule has 96 valence electrons. The third-order valence-electron chi connectivity index (χ3n) is 3.25. The van der Waals surface area contributed by atoms with Crippen LogP contribution in [0.4, 0.5) is 0 Å². The van der Waals surface area contributed by atoms with Gasteiger partial charge in [-0.05, 0) is 26.2 Å². The molecule has 2 N–H and O–H groups in total. The first-order valence-electron chi connectivity index (χ1n) is 6.14. The summed E-state index contributed by atoms with van der Waals surface area (Å²) in [7, 11) is -2.85. The highest BCUT2D eigenvalue weighted by molar-refractivity contribution is 7.91. The molecule has 1 saturated heterocycles. The Kier molecular flexibility index (Phi) is 5.21. The lowest BCUT2D eigenvalue weighted by Crippen LogP contribution is -2.48. The Morgan fingerprint density at radius 1 is 1.31 bits per heavy atom. The number of piperidine rings is 1. The molecular weight excluding hydrogens is 224 g/mol. The molecule has 2 unspecified atom stereocenters. The second-order valence-electron chi connectivity index (χ2n) is 4.83. The summed E-state index contributed by atoms with van der Waals surface area (Å²) in [6.45, 7) is 5.52. The Bertz CT molecular complexity index is 303. The van der Waals surface area contributed by atoms with Gasteiger partial charge >= 0.3 is 0 Å². The monoisotopic (exact) mass is 248 g/mol. The number of rotatable bonds is 5. The lowest BCUT2D eigenvalue weighted by atomic mass is 10.0. The van der Waals surface area contributed by atoms with Crippen LogP contribution in [0.1, 0.15) is 33.1 Å². The standard InChI is InChI=1S/C11H24N2O2S/c1-3-7-16(14,15)8-6-13-9-11(12)5-4-10(13)2/h10-11H,3-9,12H2,1-2H3. The largest absolute Gasteiger partial charge is 0.327 e. The zero-order valence-corrected chi connectivity index (χ0v) is 11.2. The Balaban J connectivity index is 2.41. The van der Waals surface area contributed by atoms with Crippen molar-refractivity contribution in [2.24, 2.45) is 5.73 Å². The molecule has 0 bridgehead atoms. The van der Waals surface area contributed by atoms with Crippen molar-refractivity contribution < 1.29 is 8.42 Å². The highest BCUT2D eigenvalue weighted by atomic mass is 32.2. The van der Waals surface area contributed by atoms with Crippen molar-refractivity contribution in [2.75, 3.05) is 24.6 Å². The van der Waals surface area contributed by atoms with Crippen LogP contribution >= 0.6 is 0 Å². The van der Waals surface area contributed by atoms with Crippen molar-refractivity contribution in [2.45, 2.75) is 45.2 Å². The Morgan fingerprint density at radius 3 is 2.62 bits per heavy atom. The van der Waals surface area contributed by atoms with Crippen LogP contribution in [0.2, 0.25) is 0 Å². The first kappa shape index (κ1) is 13.9. The number of hydrogen-bond acceptors (Lipinski definition) is 4. The summed E-state index contributed by atoms with van der Waals surface area (Å²) in [4.78, 5) is 2.21. The van der Waals surface area contributed by atoms with Crippen LogP contribution in [0.15, 0.2) is 0 Å². The number of likely N-dealkylation sites (tertiary alicyclic amines) is 1. The molecule has 0 aromatic carbocycles. The van der Waals surface area contributed by atoms with Gasteiger partial charge in [0.25, 0.3) is 0 Å². The first-order chi connectivity index (χ1) is 7.44. The van der Waals surface area contributed by atoms with Gasteiger partial charge in [0.15, 0.2) is 9.84 Å². The molecule has 16 heavy (non-hydrogen) atoms. The minimum atomic E-state index is -2.85. The van der Waals surface area contributed by atoms with Gasteiger partial charge in [0.1, 0.15) is 0 Å². The van der Waals surface area contributed by atoms with E-state index >= 15 is 0 Å². The van der Waals surface area contributed by atoms with Gasteiger partial charge in [-0.1, -0.05) is 6.92 Å². The van der Waals surface area contributed by atoms with Crippen LogP contribution in [-0.2, 0) is 9.84 Å². The first-order valence-corrected chi connectivity index (χ1v) is 7.97. The third kappa shape index (κ3) is 4.39. The van der Waals surface area contributed by atoms with Crippen molar-refractivity contribution in [3.05, 3.63) is 0 Å². The summed E-state index contributed by atoms with van der Waals surface area (Å²) < 4.78 is 23.2. The third-order valence-corrected chi connectivity index (χ3v) is 5.09. The average molecular weight is 248 g/mol. The van der Waals surface area contributed by atoms with E-state index < -0.39 is 9.84 Å². The minimum Gasteiger partial charge on any atom is -0.327 e. The number of hydrogen-bond donors (Lipinski definition) is 1. The van der Waals surface area contributed by atoms with Crippen molar-refractivity contribution in [1.82, 2.24) is 4.90 Å². The summed E-state index contributed by atoms with van der Waals surface area (Å²) >= 11 is 0. The lowest BCUT2D eigenvalue weighted by Gasteiger charge is -2.36. The van der Waals surface area contributed by atoms with Crippen LogP contribution in [-0.4, -0.2) is 50.0 Å². The zero-order chi connectivity index (χ0) is 12.2. The molecule has 5 heteroatoms. The maximum atomic E-state index is 11.6. The quantitative estimate of drug-likeness (QED) is 0.775. The second kappa shape index (κ2) is 5.98. The molecule has 0 spiro atoms. The maximum absolute atomic E-state index is 11.6. The molecular formula is C11H24N2O2S. The van der Waals surface area contributed by atoms with Gasteiger partial charge in [-0.25, -0.2) is 8.42 Å². The summed E-state index contributed by atoms with van der Waals surface area (Å²) in [6.07, 6.45) is 2.84. The summed E-state index contributed by atoms with van der Waals surface area (Å²) in [5.41, 5.74) is 5.89. The van der Waals surface area contributed by atoms with Crippen molar-refractivity contribution >= 4 is 9.84 Å². The molecule has 1 fully saturated rings. The summed E-state index contributed by atoms with van der Waals surface area (Å²) in [6, 6.07) is 0.682. The SMILES string of the molecule is CCCS(=O)(=O)CCN1CC(N)CCC1C.